The molecule has 28 heavy (non-hydrogen) atoms. The number of benzene rings is 3. The van der Waals surface area contributed by atoms with E-state index >= 15 is 0 Å². The van der Waals surface area contributed by atoms with Crippen molar-refractivity contribution in [3.8, 4) is 6.07 Å². The van der Waals surface area contributed by atoms with Crippen LogP contribution < -0.4 is 0 Å². The molecule has 0 bridgehead atoms. The van der Waals surface area contributed by atoms with Crippen LogP contribution in [0.1, 0.15) is 22.3 Å². The minimum Gasteiger partial charge on any atom is -0.361 e. The van der Waals surface area contributed by atoms with Crippen LogP contribution in [-0.2, 0) is 4.87 Å². The van der Waals surface area contributed by atoms with Crippen LogP contribution in [0.2, 0.25) is 0 Å². The zero-order chi connectivity index (χ0) is 19.1. The number of para-hydroxylation sites is 2. The third-order valence-corrected chi connectivity index (χ3v) is 5.96. The summed E-state index contributed by atoms with van der Waals surface area (Å²) in [6.07, 6.45) is 3.97. The van der Waals surface area contributed by atoms with Gasteiger partial charge in [-0.3, -0.25) is 0 Å². The first kappa shape index (κ1) is 16.7. The van der Waals surface area contributed by atoms with Gasteiger partial charge in [0.1, 0.15) is 4.87 Å². The van der Waals surface area contributed by atoms with E-state index in [9.17, 15) is 5.26 Å². The molecule has 4 heteroatoms. The van der Waals surface area contributed by atoms with Crippen LogP contribution in [0.3, 0.4) is 0 Å². The lowest BCUT2D eigenvalue weighted by atomic mass is 9.83. The Morgan fingerprint density at radius 2 is 1.21 bits per heavy atom. The van der Waals surface area contributed by atoms with Gasteiger partial charge in [-0.25, -0.2) is 0 Å². The van der Waals surface area contributed by atoms with E-state index in [4.69, 9.17) is 11.6 Å². The Balaban J connectivity index is 1.85. The summed E-state index contributed by atoms with van der Waals surface area (Å²) in [5.41, 5.74) is 5.58. The quantitative estimate of drug-likeness (QED) is 0.367. The Bertz CT molecular complexity index is 1260. The highest BCUT2D eigenvalue weighted by atomic mass is 35.5. The second-order valence-electron chi connectivity index (χ2n) is 6.84. The van der Waals surface area contributed by atoms with E-state index in [1.165, 1.54) is 0 Å². The zero-order valence-electron chi connectivity index (χ0n) is 14.9. The van der Waals surface area contributed by atoms with E-state index in [-0.39, 0.29) is 0 Å². The topological polar surface area (TPSA) is 55.4 Å². The van der Waals surface area contributed by atoms with Crippen LogP contribution in [0.4, 0.5) is 0 Å². The van der Waals surface area contributed by atoms with Crippen LogP contribution in [0.15, 0.2) is 85.2 Å². The van der Waals surface area contributed by atoms with Crippen molar-refractivity contribution >= 4 is 33.4 Å². The molecule has 0 atom stereocenters. The van der Waals surface area contributed by atoms with Gasteiger partial charge < -0.3 is 9.97 Å². The number of nitrogens with zero attached hydrogens (tertiary/aromatic N) is 1. The second-order valence-corrected chi connectivity index (χ2v) is 7.41. The molecule has 5 aromatic rings. The van der Waals surface area contributed by atoms with Gasteiger partial charge in [0.15, 0.2) is 0 Å². The Morgan fingerprint density at radius 1 is 0.714 bits per heavy atom. The Kier molecular flexibility index (Phi) is 3.75. The van der Waals surface area contributed by atoms with Gasteiger partial charge in [-0.05, 0) is 29.8 Å². The highest BCUT2D eigenvalue weighted by molar-refractivity contribution is 6.30. The van der Waals surface area contributed by atoms with Gasteiger partial charge in [0, 0.05) is 45.3 Å². The Hall–Kier alpha value is -3.48. The van der Waals surface area contributed by atoms with Gasteiger partial charge in [-0.1, -0.05) is 48.5 Å². The third-order valence-electron chi connectivity index (χ3n) is 5.33. The Labute approximate surface area is 167 Å². The van der Waals surface area contributed by atoms with Crippen LogP contribution in [-0.4, -0.2) is 9.97 Å². The molecule has 3 aromatic carbocycles. The lowest BCUT2D eigenvalue weighted by molar-refractivity contribution is 0.897. The molecule has 3 nitrogen and oxygen atoms in total. The summed E-state index contributed by atoms with van der Waals surface area (Å²) in [7, 11) is 0. The molecule has 2 heterocycles. The number of aromatic nitrogens is 2. The highest BCUT2D eigenvalue weighted by Crippen LogP contribution is 2.48. The SMILES string of the molecule is N#Cc1ccc(C(Cl)(c2c[nH]c3ccccc23)c2c[nH]c3ccccc23)cc1. The molecule has 0 fully saturated rings. The van der Waals surface area contributed by atoms with E-state index in [1.807, 2.05) is 73.1 Å². The maximum absolute atomic E-state index is 9.19. The molecule has 0 unspecified atom stereocenters. The fraction of sp³-hybridized carbons (Fsp3) is 0.0417. The van der Waals surface area contributed by atoms with Crippen LogP contribution in [0.25, 0.3) is 21.8 Å². The van der Waals surface area contributed by atoms with Crippen LogP contribution >= 0.6 is 11.6 Å². The third kappa shape index (κ3) is 2.36. The zero-order valence-corrected chi connectivity index (χ0v) is 15.7. The lowest BCUT2D eigenvalue weighted by Gasteiger charge is -2.28. The van der Waals surface area contributed by atoms with Crippen LogP contribution in [0.5, 0.6) is 0 Å². The van der Waals surface area contributed by atoms with E-state index in [0.29, 0.717) is 5.56 Å². The summed E-state index contributed by atoms with van der Waals surface area (Å²) < 4.78 is 0. The maximum atomic E-state index is 9.19. The first-order valence-electron chi connectivity index (χ1n) is 9.04. The van der Waals surface area contributed by atoms with Crippen molar-refractivity contribution in [3.63, 3.8) is 0 Å². The molecular formula is C24H16ClN3. The van der Waals surface area contributed by atoms with Crippen molar-refractivity contribution in [1.29, 1.82) is 5.26 Å². The summed E-state index contributed by atoms with van der Waals surface area (Å²) in [5.74, 6) is 0. The minimum absolute atomic E-state index is 0.612. The molecule has 0 aliphatic carbocycles. The molecule has 2 aromatic heterocycles. The van der Waals surface area contributed by atoms with Crippen molar-refractivity contribution in [2.75, 3.05) is 0 Å². The van der Waals surface area contributed by atoms with Crippen molar-refractivity contribution in [2.45, 2.75) is 4.87 Å². The largest absolute Gasteiger partial charge is 0.361 e. The molecular weight excluding hydrogens is 366 g/mol. The predicted molar refractivity (Wildman–Crippen MR) is 113 cm³/mol. The number of nitrogens with one attached hydrogen (secondary N) is 2. The number of alkyl halides is 1. The van der Waals surface area contributed by atoms with Gasteiger partial charge in [0.05, 0.1) is 11.6 Å². The first-order valence-corrected chi connectivity index (χ1v) is 9.42. The fourth-order valence-corrected chi connectivity index (χ4v) is 4.38. The van der Waals surface area contributed by atoms with Gasteiger partial charge in [0.2, 0.25) is 0 Å². The molecule has 5 rings (SSSR count). The van der Waals surface area contributed by atoms with Gasteiger partial charge in [0.25, 0.3) is 0 Å². The summed E-state index contributed by atoms with van der Waals surface area (Å²) >= 11 is 7.53. The number of aromatic amines is 2. The molecule has 0 aliphatic heterocycles. The average molecular weight is 382 g/mol. The number of H-pyrrole nitrogens is 2. The molecule has 0 radical (unpaired) electrons. The number of halogens is 1. The van der Waals surface area contributed by atoms with Crippen molar-refractivity contribution in [3.05, 3.63) is 107 Å². The predicted octanol–water partition coefficient (Wildman–Crippen LogP) is 6.05. The van der Waals surface area contributed by atoms with Crippen molar-refractivity contribution < 1.29 is 0 Å². The summed E-state index contributed by atoms with van der Waals surface area (Å²) in [5, 5.41) is 11.3. The molecule has 0 spiro atoms. The number of rotatable bonds is 3. The van der Waals surface area contributed by atoms with E-state index in [0.717, 1.165) is 38.5 Å². The molecule has 2 N–H and O–H groups in total. The highest BCUT2D eigenvalue weighted by Gasteiger charge is 2.38. The average Bonchev–Trinajstić information content (AvgIpc) is 3.38. The standard InChI is InChI=1S/C24H16ClN3/c25-24(17-11-9-16(13-26)10-12-17,20-14-27-22-7-3-1-5-18(20)22)21-15-28-23-8-4-2-6-19(21)23/h1-12,14-15,27-28H. The number of fused-ring (bicyclic) bond motifs is 2. The smallest absolute Gasteiger partial charge is 0.123 e. The first-order chi connectivity index (χ1) is 13.7. The normalized spacial score (nSPS) is 11.7. The number of hydrogen-bond acceptors (Lipinski definition) is 1. The van der Waals surface area contributed by atoms with Gasteiger partial charge >= 0.3 is 0 Å². The molecule has 0 aliphatic rings. The summed E-state index contributed by atoms with van der Waals surface area (Å²) in [6.45, 7) is 0. The number of nitriles is 1. The summed E-state index contributed by atoms with van der Waals surface area (Å²) in [4.78, 5) is 5.79. The minimum atomic E-state index is -0.910. The van der Waals surface area contributed by atoms with Gasteiger partial charge in [-0.2, -0.15) is 5.26 Å². The maximum Gasteiger partial charge on any atom is 0.123 e. The summed E-state index contributed by atoms with van der Waals surface area (Å²) in [6, 6.07) is 26.0. The molecule has 134 valence electrons. The van der Waals surface area contributed by atoms with E-state index < -0.39 is 4.87 Å². The molecule has 0 saturated carbocycles. The van der Waals surface area contributed by atoms with E-state index in [1.54, 1.807) is 0 Å². The Morgan fingerprint density at radius 3 is 1.71 bits per heavy atom. The lowest BCUT2D eigenvalue weighted by Crippen LogP contribution is -2.21. The van der Waals surface area contributed by atoms with Gasteiger partial charge in [-0.15, -0.1) is 11.6 Å². The van der Waals surface area contributed by atoms with Crippen molar-refractivity contribution in [1.82, 2.24) is 9.97 Å². The molecule has 0 amide bonds. The van der Waals surface area contributed by atoms with Crippen molar-refractivity contribution in [2.24, 2.45) is 0 Å². The van der Waals surface area contributed by atoms with E-state index in [2.05, 4.69) is 28.2 Å². The second kappa shape index (κ2) is 6.30. The number of hydrogen-bond donors (Lipinski definition) is 2. The van der Waals surface area contributed by atoms with Crippen LogP contribution in [0, 0.1) is 11.3 Å². The fourth-order valence-electron chi connectivity index (χ4n) is 3.94. The monoisotopic (exact) mass is 381 g/mol. The molecule has 0 saturated heterocycles.